The van der Waals surface area contributed by atoms with Gasteiger partial charge in [0.05, 0.1) is 10.6 Å². The number of primary amides is 1. The van der Waals surface area contributed by atoms with E-state index in [9.17, 15) is 9.18 Å². The number of rotatable bonds is 4. The first-order valence-corrected chi connectivity index (χ1v) is 7.47. The summed E-state index contributed by atoms with van der Waals surface area (Å²) in [4.78, 5) is 11.0. The molecule has 0 spiro atoms. The molecule has 0 aliphatic carbocycles. The van der Waals surface area contributed by atoms with Crippen molar-refractivity contribution in [2.75, 3.05) is 6.54 Å². The molecule has 1 aromatic heterocycles. The van der Waals surface area contributed by atoms with Crippen LogP contribution < -0.4 is 11.1 Å². The maximum atomic E-state index is 14.2. The molecule has 0 radical (unpaired) electrons. The number of amides is 1. The highest BCUT2D eigenvalue weighted by Gasteiger charge is 2.24. The minimum absolute atomic E-state index is 0.200. The second kappa shape index (κ2) is 6.06. The van der Waals surface area contributed by atoms with E-state index >= 15 is 0 Å². The standard InChI is InChI=1S/C15H16ClFN4O/c16-10-2-1-3-11(17)14(10)15-9-8-19-6-4-12(9)21(20-15)7-5-13(18)22/h1-3,19H,4-8H2,(H2,18,22). The van der Waals surface area contributed by atoms with E-state index in [-0.39, 0.29) is 12.3 Å². The molecule has 0 unspecified atom stereocenters. The monoisotopic (exact) mass is 322 g/mol. The summed E-state index contributed by atoms with van der Waals surface area (Å²) in [5, 5.41) is 8.08. The summed E-state index contributed by atoms with van der Waals surface area (Å²) in [6.07, 6.45) is 0.971. The zero-order valence-electron chi connectivity index (χ0n) is 11.9. The predicted octanol–water partition coefficient (Wildman–Crippen LogP) is 1.86. The van der Waals surface area contributed by atoms with Crippen molar-refractivity contribution in [2.24, 2.45) is 5.73 Å². The van der Waals surface area contributed by atoms with Gasteiger partial charge in [-0.15, -0.1) is 0 Å². The largest absolute Gasteiger partial charge is 0.370 e. The average molecular weight is 323 g/mol. The minimum Gasteiger partial charge on any atom is -0.370 e. The highest BCUT2D eigenvalue weighted by molar-refractivity contribution is 6.33. The van der Waals surface area contributed by atoms with Gasteiger partial charge in [-0.05, 0) is 12.1 Å². The Hall–Kier alpha value is -1.92. The van der Waals surface area contributed by atoms with E-state index in [4.69, 9.17) is 17.3 Å². The van der Waals surface area contributed by atoms with Crippen molar-refractivity contribution in [2.45, 2.75) is 25.9 Å². The first-order chi connectivity index (χ1) is 10.6. The highest BCUT2D eigenvalue weighted by atomic mass is 35.5. The Morgan fingerprint density at radius 1 is 1.50 bits per heavy atom. The summed E-state index contributed by atoms with van der Waals surface area (Å²) in [6, 6.07) is 4.58. The summed E-state index contributed by atoms with van der Waals surface area (Å²) in [5.74, 6) is -0.788. The van der Waals surface area contributed by atoms with Crippen LogP contribution in [0.4, 0.5) is 4.39 Å². The Balaban J connectivity index is 2.10. The molecule has 0 atom stereocenters. The van der Waals surface area contributed by atoms with Crippen molar-refractivity contribution in [3.05, 3.63) is 40.3 Å². The second-order valence-electron chi connectivity index (χ2n) is 5.24. The molecule has 116 valence electrons. The number of benzene rings is 1. The number of fused-ring (bicyclic) bond motifs is 1. The molecule has 0 bridgehead atoms. The van der Waals surface area contributed by atoms with Crippen molar-refractivity contribution in [1.82, 2.24) is 15.1 Å². The van der Waals surface area contributed by atoms with Crippen LogP contribution in [0.15, 0.2) is 18.2 Å². The molecule has 0 fully saturated rings. The lowest BCUT2D eigenvalue weighted by molar-refractivity contribution is -0.118. The predicted molar refractivity (Wildman–Crippen MR) is 81.9 cm³/mol. The van der Waals surface area contributed by atoms with Crippen LogP contribution in [-0.4, -0.2) is 22.2 Å². The molecule has 0 saturated carbocycles. The number of nitrogens with one attached hydrogen (secondary N) is 1. The molecule has 1 amide bonds. The number of nitrogens with two attached hydrogens (primary N) is 1. The third-order valence-corrected chi connectivity index (χ3v) is 4.09. The summed E-state index contributed by atoms with van der Waals surface area (Å²) in [7, 11) is 0. The molecule has 1 aromatic carbocycles. The van der Waals surface area contributed by atoms with Gasteiger partial charge in [0.1, 0.15) is 11.5 Å². The fraction of sp³-hybridized carbons (Fsp3) is 0.333. The van der Waals surface area contributed by atoms with Crippen molar-refractivity contribution in [1.29, 1.82) is 0 Å². The quantitative estimate of drug-likeness (QED) is 0.902. The van der Waals surface area contributed by atoms with Crippen molar-refractivity contribution >= 4 is 17.5 Å². The van der Waals surface area contributed by atoms with Gasteiger partial charge in [-0.1, -0.05) is 17.7 Å². The fourth-order valence-electron chi connectivity index (χ4n) is 2.75. The van der Waals surface area contributed by atoms with E-state index in [1.807, 2.05) is 0 Å². The van der Waals surface area contributed by atoms with Gasteiger partial charge in [0, 0.05) is 43.7 Å². The lowest BCUT2D eigenvalue weighted by Gasteiger charge is -2.15. The smallest absolute Gasteiger partial charge is 0.219 e. The van der Waals surface area contributed by atoms with Gasteiger partial charge in [-0.3, -0.25) is 9.48 Å². The Bertz CT molecular complexity index is 708. The number of aryl methyl sites for hydroxylation is 1. The van der Waals surface area contributed by atoms with Gasteiger partial charge in [-0.2, -0.15) is 5.10 Å². The van der Waals surface area contributed by atoms with Crippen molar-refractivity contribution in [3.8, 4) is 11.3 Å². The summed E-state index contributed by atoms with van der Waals surface area (Å²) < 4.78 is 16.0. The number of hydrogen-bond donors (Lipinski definition) is 2. The van der Waals surface area contributed by atoms with E-state index in [1.54, 1.807) is 16.8 Å². The van der Waals surface area contributed by atoms with Crippen LogP contribution in [0.25, 0.3) is 11.3 Å². The van der Waals surface area contributed by atoms with Crippen LogP contribution in [0.2, 0.25) is 5.02 Å². The van der Waals surface area contributed by atoms with Gasteiger partial charge >= 0.3 is 0 Å². The van der Waals surface area contributed by atoms with E-state index in [2.05, 4.69) is 10.4 Å². The molecule has 22 heavy (non-hydrogen) atoms. The highest BCUT2D eigenvalue weighted by Crippen LogP contribution is 2.34. The van der Waals surface area contributed by atoms with Crippen LogP contribution >= 0.6 is 11.6 Å². The Morgan fingerprint density at radius 3 is 3.05 bits per heavy atom. The fourth-order valence-corrected chi connectivity index (χ4v) is 3.00. The van der Waals surface area contributed by atoms with Crippen LogP contribution in [0.3, 0.4) is 0 Å². The van der Waals surface area contributed by atoms with Crippen molar-refractivity contribution < 1.29 is 9.18 Å². The zero-order chi connectivity index (χ0) is 15.7. The molecule has 3 rings (SSSR count). The van der Waals surface area contributed by atoms with Gasteiger partial charge in [0.15, 0.2) is 0 Å². The SMILES string of the molecule is NC(=O)CCn1nc(-c2c(F)cccc2Cl)c2c1CCNC2. The molecule has 1 aliphatic rings. The molecule has 2 aromatic rings. The zero-order valence-corrected chi connectivity index (χ0v) is 12.7. The molecular weight excluding hydrogens is 307 g/mol. The molecular formula is C15H16ClFN4O. The van der Waals surface area contributed by atoms with Crippen molar-refractivity contribution in [3.63, 3.8) is 0 Å². The minimum atomic E-state index is -0.402. The lowest BCUT2D eigenvalue weighted by atomic mass is 10.0. The third kappa shape index (κ3) is 2.71. The summed E-state index contributed by atoms with van der Waals surface area (Å²) in [5.41, 5.74) is 7.99. The molecule has 2 heterocycles. The Morgan fingerprint density at radius 2 is 2.32 bits per heavy atom. The van der Waals surface area contributed by atoms with Gasteiger partial charge in [0.2, 0.25) is 5.91 Å². The molecule has 1 aliphatic heterocycles. The van der Waals surface area contributed by atoms with E-state index in [0.717, 1.165) is 24.2 Å². The van der Waals surface area contributed by atoms with Gasteiger partial charge < -0.3 is 11.1 Å². The Labute approximate surface area is 132 Å². The van der Waals surface area contributed by atoms with E-state index in [0.29, 0.717) is 29.4 Å². The van der Waals surface area contributed by atoms with Crippen LogP contribution in [0.1, 0.15) is 17.7 Å². The molecule has 0 saturated heterocycles. The number of halogens is 2. The topological polar surface area (TPSA) is 72.9 Å². The first kappa shape index (κ1) is 15.0. The maximum absolute atomic E-state index is 14.2. The first-order valence-electron chi connectivity index (χ1n) is 7.10. The van der Waals surface area contributed by atoms with Crippen LogP contribution in [-0.2, 0) is 24.3 Å². The molecule has 7 heteroatoms. The summed E-state index contributed by atoms with van der Waals surface area (Å²) in [6.45, 7) is 1.81. The Kier molecular flexibility index (Phi) is 4.13. The molecule has 5 nitrogen and oxygen atoms in total. The number of aromatic nitrogens is 2. The lowest BCUT2D eigenvalue weighted by Crippen LogP contribution is -2.25. The number of carbonyl (C=O) groups is 1. The van der Waals surface area contributed by atoms with Crippen LogP contribution in [0, 0.1) is 5.82 Å². The third-order valence-electron chi connectivity index (χ3n) is 3.78. The molecule has 3 N–H and O–H groups in total. The van der Waals surface area contributed by atoms with Gasteiger partial charge in [-0.25, -0.2) is 4.39 Å². The van der Waals surface area contributed by atoms with Crippen LogP contribution in [0.5, 0.6) is 0 Å². The average Bonchev–Trinajstić information content (AvgIpc) is 2.84. The second-order valence-corrected chi connectivity index (χ2v) is 5.64. The summed E-state index contributed by atoms with van der Waals surface area (Å²) >= 11 is 6.16. The van der Waals surface area contributed by atoms with Gasteiger partial charge in [0.25, 0.3) is 0 Å². The normalized spacial score (nSPS) is 13.9. The van der Waals surface area contributed by atoms with E-state index in [1.165, 1.54) is 6.07 Å². The number of nitrogens with zero attached hydrogens (tertiary/aromatic N) is 2. The maximum Gasteiger partial charge on any atom is 0.219 e. The van der Waals surface area contributed by atoms with E-state index < -0.39 is 5.82 Å². The number of hydrogen-bond acceptors (Lipinski definition) is 3. The number of carbonyl (C=O) groups excluding carboxylic acids is 1.